The van der Waals surface area contributed by atoms with E-state index in [1.807, 2.05) is 0 Å². The van der Waals surface area contributed by atoms with E-state index in [9.17, 15) is 9.18 Å². The summed E-state index contributed by atoms with van der Waals surface area (Å²) in [5.74, 6) is 1.48. The van der Waals surface area contributed by atoms with Crippen LogP contribution in [0.4, 0.5) is 15.9 Å². The SMILES string of the molecule is [C-]#[N+]c1ccc2c(n1)c(N1C[C@@H](C)N(C(c3ccc(F)cc3)c3nc(C4CCN(C)CC4)no3)C[C@@H]1C)cc(=O)n2C. The van der Waals surface area contributed by atoms with Crippen molar-refractivity contribution in [3.8, 4) is 0 Å². The van der Waals surface area contributed by atoms with Crippen LogP contribution in [0.15, 0.2) is 51.8 Å². The second kappa shape index (κ2) is 11.3. The van der Waals surface area contributed by atoms with E-state index < -0.39 is 0 Å². The largest absolute Gasteiger partial charge is 0.362 e. The standard InChI is InChI=1S/C31H35FN8O2/c1-19-18-40(20(2)17-39(19)25-16-27(41)38(5)24-10-11-26(33-3)34-28(24)25)29(21-6-8-23(32)9-7-21)31-35-30(36-42-31)22-12-14-37(4)15-13-22/h6-11,16,19-20,22,29H,12-15,17-18H2,1-2,4-5H3/t19-,20+,29?/m0/s1. The molecule has 2 aliphatic rings. The number of hydrogen-bond donors (Lipinski definition) is 0. The highest BCUT2D eigenvalue weighted by atomic mass is 19.1. The number of halogens is 1. The Morgan fingerprint density at radius 2 is 1.76 bits per heavy atom. The maximum Gasteiger partial charge on any atom is 0.270 e. The number of benzene rings is 1. The fourth-order valence-electron chi connectivity index (χ4n) is 6.34. The van der Waals surface area contributed by atoms with Gasteiger partial charge < -0.3 is 23.7 Å². The summed E-state index contributed by atoms with van der Waals surface area (Å²) < 4.78 is 21.5. The summed E-state index contributed by atoms with van der Waals surface area (Å²) in [6.45, 7) is 14.9. The molecule has 42 heavy (non-hydrogen) atoms. The monoisotopic (exact) mass is 570 g/mol. The first-order valence-corrected chi connectivity index (χ1v) is 14.4. The minimum absolute atomic E-state index is 0.00177. The Labute approximate surface area is 244 Å². The van der Waals surface area contributed by atoms with Gasteiger partial charge in [-0.25, -0.2) is 4.39 Å². The Morgan fingerprint density at radius 3 is 2.48 bits per heavy atom. The Bertz CT molecular complexity index is 1690. The van der Waals surface area contributed by atoms with E-state index >= 15 is 0 Å². The van der Waals surface area contributed by atoms with Crippen LogP contribution in [-0.2, 0) is 7.05 Å². The van der Waals surface area contributed by atoms with Crippen molar-refractivity contribution in [3.63, 3.8) is 0 Å². The molecule has 1 unspecified atom stereocenters. The average Bonchev–Trinajstić information content (AvgIpc) is 3.47. The quantitative estimate of drug-likeness (QED) is 0.324. The molecule has 2 fully saturated rings. The second-order valence-corrected chi connectivity index (χ2v) is 11.6. The lowest BCUT2D eigenvalue weighted by Gasteiger charge is -2.47. The minimum Gasteiger partial charge on any atom is -0.362 e. The number of piperidine rings is 1. The van der Waals surface area contributed by atoms with Gasteiger partial charge >= 0.3 is 0 Å². The van der Waals surface area contributed by atoms with Crippen molar-refractivity contribution in [2.45, 2.75) is 50.7 Å². The molecular formula is C31H35FN8O2. The van der Waals surface area contributed by atoms with Crippen molar-refractivity contribution in [1.29, 1.82) is 0 Å². The molecule has 0 amide bonds. The van der Waals surface area contributed by atoms with Gasteiger partial charge in [0.2, 0.25) is 11.4 Å². The molecule has 0 saturated carbocycles. The number of rotatable bonds is 5. The Kier molecular flexibility index (Phi) is 7.51. The van der Waals surface area contributed by atoms with Crippen molar-refractivity contribution in [2.24, 2.45) is 7.05 Å². The smallest absolute Gasteiger partial charge is 0.270 e. The topological polar surface area (TPSA) is 87.9 Å². The molecule has 2 aliphatic heterocycles. The Balaban J connectivity index is 1.35. The summed E-state index contributed by atoms with van der Waals surface area (Å²) in [5, 5.41) is 4.41. The predicted molar refractivity (Wildman–Crippen MR) is 158 cm³/mol. The highest BCUT2D eigenvalue weighted by Gasteiger charge is 2.39. The summed E-state index contributed by atoms with van der Waals surface area (Å²) in [4.78, 5) is 32.8. The molecule has 0 bridgehead atoms. The van der Waals surface area contributed by atoms with Gasteiger partial charge in [0, 0.05) is 44.2 Å². The van der Waals surface area contributed by atoms with Crippen LogP contribution in [0, 0.1) is 12.4 Å². The van der Waals surface area contributed by atoms with E-state index in [-0.39, 0.29) is 41.2 Å². The second-order valence-electron chi connectivity index (χ2n) is 11.6. The van der Waals surface area contributed by atoms with E-state index in [2.05, 4.69) is 50.6 Å². The van der Waals surface area contributed by atoms with Crippen LogP contribution in [0.5, 0.6) is 0 Å². The molecule has 3 atom stereocenters. The van der Waals surface area contributed by atoms with E-state index in [4.69, 9.17) is 16.1 Å². The third-order valence-electron chi connectivity index (χ3n) is 8.80. The molecule has 10 nitrogen and oxygen atoms in total. The van der Waals surface area contributed by atoms with Crippen molar-refractivity contribution in [1.82, 2.24) is 29.5 Å². The zero-order chi connectivity index (χ0) is 29.5. The third kappa shape index (κ3) is 5.16. The number of piperazine rings is 1. The van der Waals surface area contributed by atoms with Gasteiger partial charge in [-0.1, -0.05) is 23.9 Å². The van der Waals surface area contributed by atoms with Crippen LogP contribution in [-0.4, -0.2) is 74.8 Å². The van der Waals surface area contributed by atoms with Crippen LogP contribution in [0.1, 0.15) is 55.9 Å². The minimum atomic E-state index is -0.357. The summed E-state index contributed by atoms with van der Waals surface area (Å²) in [6, 6.07) is 11.2. The van der Waals surface area contributed by atoms with Crippen LogP contribution >= 0.6 is 0 Å². The number of aromatic nitrogens is 4. The Hall–Kier alpha value is -4.14. The molecule has 6 rings (SSSR count). The molecule has 3 aromatic heterocycles. The van der Waals surface area contributed by atoms with Gasteiger partial charge in [0.1, 0.15) is 11.9 Å². The number of fused-ring (bicyclic) bond motifs is 1. The summed E-state index contributed by atoms with van der Waals surface area (Å²) in [7, 11) is 3.84. The first kappa shape index (κ1) is 28.0. The number of nitrogens with zero attached hydrogens (tertiary/aromatic N) is 8. The van der Waals surface area contributed by atoms with E-state index in [0.29, 0.717) is 30.0 Å². The third-order valence-corrected chi connectivity index (χ3v) is 8.80. The normalized spacial score (nSPS) is 21.5. The number of anilines is 1. The van der Waals surface area contributed by atoms with Crippen molar-refractivity contribution < 1.29 is 8.91 Å². The average molecular weight is 571 g/mol. The summed E-state index contributed by atoms with van der Waals surface area (Å²) in [5.41, 5.74) is 2.79. The van der Waals surface area contributed by atoms with Gasteiger partial charge in [-0.05, 0) is 76.7 Å². The lowest BCUT2D eigenvalue weighted by atomic mass is 9.96. The molecule has 1 aromatic carbocycles. The summed E-state index contributed by atoms with van der Waals surface area (Å²) in [6.07, 6.45) is 1.97. The molecule has 0 N–H and O–H groups in total. The highest BCUT2D eigenvalue weighted by Crippen LogP contribution is 2.36. The fourth-order valence-corrected chi connectivity index (χ4v) is 6.34. The number of hydrogen-bond acceptors (Lipinski definition) is 8. The van der Waals surface area contributed by atoms with Gasteiger partial charge in [-0.15, -0.1) is 4.98 Å². The van der Waals surface area contributed by atoms with Crippen LogP contribution in [0.25, 0.3) is 15.9 Å². The maximum absolute atomic E-state index is 14.0. The van der Waals surface area contributed by atoms with Crippen molar-refractivity contribution >= 4 is 22.5 Å². The molecule has 2 saturated heterocycles. The molecule has 0 radical (unpaired) electrons. The number of pyridine rings is 2. The predicted octanol–water partition coefficient (Wildman–Crippen LogP) is 4.50. The lowest BCUT2D eigenvalue weighted by molar-refractivity contribution is 0.110. The lowest BCUT2D eigenvalue weighted by Crippen LogP contribution is -2.57. The molecule has 4 aromatic rings. The van der Waals surface area contributed by atoms with Gasteiger partial charge in [-0.3, -0.25) is 9.69 Å². The molecular weight excluding hydrogens is 535 g/mol. The van der Waals surface area contributed by atoms with E-state index in [1.165, 1.54) is 12.1 Å². The number of likely N-dealkylation sites (tertiary alicyclic amines) is 1. The van der Waals surface area contributed by atoms with Crippen molar-refractivity contribution in [3.05, 3.63) is 87.3 Å². The van der Waals surface area contributed by atoms with Crippen LogP contribution < -0.4 is 10.5 Å². The molecule has 0 spiro atoms. The fraction of sp³-hybridized carbons (Fsp3) is 0.452. The first-order valence-electron chi connectivity index (χ1n) is 14.4. The van der Waals surface area contributed by atoms with Crippen LogP contribution in [0.3, 0.4) is 0 Å². The van der Waals surface area contributed by atoms with Gasteiger partial charge in [0.15, 0.2) is 5.82 Å². The van der Waals surface area contributed by atoms with Crippen molar-refractivity contribution in [2.75, 3.05) is 38.1 Å². The van der Waals surface area contributed by atoms with E-state index in [0.717, 1.165) is 43.0 Å². The molecule has 0 aliphatic carbocycles. The first-order chi connectivity index (χ1) is 20.2. The summed E-state index contributed by atoms with van der Waals surface area (Å²) >= 11 is 0. The van der Waals surface area contributed by atoms with Gasteiger partial charge in [0.25, 0.3) is 11.4 Å². The number of aryl methyl sites for hydroxylation is 1. The van der Waals surface area contributed by atoms with Crippen LogP contribution in [0.2, 0.25) is 0 Å². The zero-order valence-electron chi connectivity index (χ0n) is 24.4. The van der Waals surface area contributed by atoms with E-state index in [1.54, 1.807) is 41.9 Å². The zero-order valence-corrected chi connectivity index (χ0v) is 24.4. The maximum atomic E-state index is 14.0. The Morgan fingerprint density at radius 1 is 1.02 bits per heavy atom. The highest BCUT2D eigenvalue weighted by molar-refractivity contribution is 5.89. The van der Waals surface area contributed by atoms with Gasteiger partial charge in [-0.2, -0.15) is 4.98 Å². The molecule has 5 heterocycles. The molecule has 218 valence electrons. The van der Waals surface area contributed by atoms with Gasteiger partial charge in [0.05, 0.1) is 11.2 Å². The molecule has 11 heteroatoms.